The Bertz CT molecular complexity index is 410. The van der Waals surface area contributed by atoms with E-state index in [4.69, 9.17) is 10.6 Å². The van der Waals surface area contributed by atoms with Crippen molar-refractivity contribution in [3.63, 3.8) is 0 Å². The van der Waals surface area contributed by atoms with Crippen molar-refractivity contribution in [2.45, 2.75) is 20.0 Å². The predicted octanol–water partition coefficient (Wildman–Crippen LogP) is 1.36. The Hall–Kier alpha value is -1.69. The Balaban J connectivity index is 2.93. The number of carbonyl (C=O) groups excluding carboxylic acids is 1. The fraction of sp³-hybridized carbons (Fsp3) is 0.364. The van der Waals surface area contributed by atoms with Gasteiger partial charge in [0.25, 0.3) is 5.91 Å². The van der Waals surface area contributed by atoms with Crippen LogP contribution in [0.1, 0.15) is 13.8 Å². The fourth-order valence-electron chi connectivity index (χ4n) is 1.28. The van der Waals surface area contributed by atoms with Gasteiger partial charge in [-0.25, -0.2) is 14.6 Å². The molecule has 1 amide bonds. The van der Waals surface area contributed by atoms with Crippen LogP contribution in [0.5, 0.6) is 5.75 Å². The van der Waals surface area contributed by atoms with Crippen LogP contribution in [0.15, 0.2) is 18.2 Å². The van der Waals surface area contributed by atoms with Crippen LogP contribution in [-0.4, -0.2) is 12.0 Å². The van der Waals surface area contributed by atoms with Crippen LogP contribution in [-0.2, 0) is 4.79 Å². The first-order chi connectivity index (χ1) is 7.95. The number of nitrogens with one attached hydrogen (secondary N) is 1. The zero-order valence-corrected chi connectivity index (χ0v) is 9.54. The number of benzene rings is 1. The first-order valence-electron chi connectivity index (χ1n) is 5.08. The van der Waals surface area contributed by atoms with Gasteiger partial charge in [0.05, 0.1) is 0 Å². The van der Waals surface area contributed by atoms with Crippen molar-refractivity contribution in [3.05, 3.63) is 29.8 Å². The molecular formula is C11H14F2N2O2. The van der Waals surface area contributed by atoms with Gasteiger partial charge >= 0.3 is 0 Å². The van der Waals surface area contributed by atoms with Crippen molar-refractivity contribution in [2.75, 3.05) is 0 Å². The van der Waals surface area contributed by atoms with E-state index in [2.05, 4.69) is 0 Å². The van der Waals surface area contributed by atoms with E-state index < -0.39 is 23.6 Å². The number of hydrazine groups is 1. The molecule has 1 aromatic carbocycles. The van der Waals surface area contributed by atoms with Crippen molar-refractivity contribution in [1.82, 2.24) is 5.43 Å². The minimum atomic E-state index is -0.976. The molecule has 0 aliphatic heterocycles. The van der Waals surface area contributed by atoms with Crippen molar-refractivity contribution in [1.29, 1.82) is 0 Å². The number of carbonyl (C=O) groups is 1. The van der Waals surface area contributed by atoms with Gasteiger partial charge in [-0.05, 0) is 18.1 Å². The number of rotatable bonds is 4. The highest BCUT2D eigenvalue weighted by Crippen LogP contribution is 2.21. The van der Waals surface area contributed by atoms with Gasteiger partial charge in [0, 0.05) is 6.07 Å². The monoisotopic (exact) mass is 244 g/mol. The molecule has 1 aromatic rings. The highest BCUT2D eigenvalue weighted by molar-refractivity contribution is 5.80. The van der Waals surface area contributed by atoms with Crippen LogP contribution in [0.3, 0.4) is 0 Å². The Morgan fingerprint density at radius 1 is 1.41 bits per heavy atom. The molecule has 0 aromatic heterocycles. The molecule has 1 unspecified atom stereocenters. The second kappa shape index (κ2) is 5.58. The number of amides is 1. The maximum atomic E-state index is 13.3. The molecule has 0 saturated heterocycles. The van der Waals surface area contributed by atoms with E-state index in [1.54, 1.807) is 13.8 Å². The van der Waals surface area contributed by atoms with Crippen molar-refractivity contribution in [2.24, 2.45) is 11.8 Å². The molecule has 0 heterocycles. The SMILES string of the molecule is CC(C)C(Oc1cc(F)ccc1F)C(=O)NN. The summed E-state index contributed by atoms with van der Waals surface area (Å²) in [6.45, 7) is 3.41. The summed E-state index contributed by atoms with van der Waals surface area (Å²) in [5.74, 6) is 2.47. The zero-order chi connectivity index (χ0) is 13.0. The average molecular weight is 244 g/mol. The van der Waals surface area contributed by atoms with Gasteiger partial charge in [-0.3, -0.25) is 10.2 Å². The van der Waals surface area contributed by atoms with Crippen LogP contribution in [0.2, 0.25) is 0 Å². The van der Waals surface area contributed by atoms with E-state index in [0.717, 1.165) is 18.2 Å². The molecule has 0 aliphatic carbocycles. The fourth-order valence-corrected chi connectivity index (χ4v) is 1.28. The summed E-state index contributed by atoms with van der Waals surface area (Å²) < 4.78 is 31.3. The minimum Gasteiger partial charge on any atom is -0.477 e. The summed E-state index contributed by atoms with van der Waals surface area (Å²) in [7, 11) is 0. The molecule has 0 spiro atoms. The van der Waals surface area contributed by atoms with E-state index in [0.29, 0.717) is 0 Å². The number of hydrogen-bond donors (Lipinski definition) is 2. The highest BCUT2D eigenvalue weighted by Gasteiger charge is 2.24. The van der Waals surface area contributed by atoms with Crippen LogP contribution >= 0.6 is 0 Å². The van der Waals surface area contributed by atoms with Crippen molar-refractivity contribution < 1.29 is 18.3 Å². The second-order valence-corrected chi connectivity index (χ2v) is 3.87. The largest absolute Gasteiger partial charge is 0.477 e. The summed E-state index contributed by atoms with van der Waals surface area (Å²) in [5, 5.41) is 0. The Morgan fingerprint density at radius 2 is 2.06 bits per heavy atom. The Morgan fingerprint density at radius 3 is 2.59 bits per heavy atom. The topological polar surface area (TPSA) is 64.3 Å². The molecule has 1 rings (SSSR count). The first-order valence-corrected chi connectivity index (χ1v) is 5.08. The van der Waals surface area contributed by atoms with Gasteiger partial charge in [0.2, 0.25) is 0 Å². The Labute approximate surface area is 97.7 Å². The van der Waals surface area contributed by atoms with Gasteiger partial charge < -0.3 is 4.74 Å². The van der Waals surface area contributed by atoms with Crippen LogP contribution in [0.25, 0.3) is 0 Å². The molecular weight excluding hydrogens is 230 g/mol. The molecule has 4 nitrogen and oxygen atoms in total. The lowest BCUT2D eigenvalue weighted by Gasteiger charge is -2.20. The maximum Gasteiger partial charge on any atom is 0.275 e. The second-order valence-electron chi connectivity index (χ2n) is 3.87. The zero-order valence-electron chi connectivity index (χ0n) is 9.54. The van der Waals surface area contributed by atoms with Crippen LogP contribution < -0.4 is 16.0 Å². The van der Waals surface area contributed by atoms with E-state index in [9.17, 15) is 13.6 Å². The third-order valence-corrected chi connectivity index (χ3v) is 2.15. The standard InChI is InChI=1S/C11H14F2N2O2/c1-6(2)10(11(16)15-14)17-9-5-7(12)3-4-8(9)13/h3-6,10H,14H2,1-2H3,(H,15,16). The normalized spacial score (nSPS) is 12.4. The summed E-state index contributed by atoms with van der Waals surface area (Å²) in [4.78, 5) is 11.4. The van der Waals surface area contributed by atoms with Crippen molar-refractivity contribution in [3.8, 4) is 5.75 Å². The van der Waals surface area contributed by atoms with E-state index >= 15 is 0 Å². The smallest absolute Gasteiger partial charge is 0.275 e. The summed E-state index contributed by atoms with van der Waals surface area (Å²) >= 11 is 0. The van der Waals surface area contributed by atoms with E-state index in [-0.39, 0.29) is 11.7 Å². The molecule has 0 fully saturated rings. The number of nitrogens with two attached hydrogens (primary N) is 1. The lowest BCUT2D eigenvalue weighted by molar-refractivity contribution is -0.130. The summed E-state index contributed by atoms with van der Waals surface area (Å²) in [6.07, 6.45) is -0.976. The molecule has 0 radical (unpaired) electrons. The summed E-state index contributed by atoms with van der Waals surface area (Å²) in [6, 6.07) is 2.78. The third-order valence-electron chi connectivity index (χ3n) is 2.15. The molecule has 17 heavy (non-hydrogen) atoms. The Kier molecular flexibility index (Phi) is 4.39. The maximum absolute atomic E-state index is 13.3. The third kappa shape index (κ3) is 3.39. The van der Waals surface area contributed by atoms with Gasteiger partial charge in [-0.1, -0.05) is 13.8 Å². The molecule has 6 heteroatoms. The van der Waals surface area contributed by atoms with Gasteiger partial charge in [0.15, 0.2) is 17.7 Å². The molecule has 1 atom stereocenters. The number of ether oxygens (including phenoxy) is 1. The van der Waals surface area contributed by atoms with Gasteiger partial charge in [-0.2, -0.15) is 0 Å². The van der Waals surface area contributed by atoms with Gasteiger partial charge in [-0.15, -0.1) is 0 Å². The lowest BCUT2D eigenvalue weighted by Crippen LogP contribution is -2.44. The van der Waals surface area contributed by atoms with Crippen molar-refractivity contribution >= 4 is 5.91 Å². The van der Waals surface area contributed by atoms with E-state index in [1.807, 2.05) is 5.43 Å². The van der Waals surface area contributed by atoms with Crippen LogP contribution in [0.4, 0.5) is 8.78 Å². The van der Waals surface area contributed by atoms with E-state index in [1.165, 1.54) is 0 Å². The number of halogens is 2. The van der Waals surface area contributed by atoms with Crippen LogP contribution in [0, 0.1) is 17.6 Å². The van der Waals surface area contributed by atoms with Gasteiger partial charge in [0.1, 0.15) is 5.82 Å². The minimum absolute atomic E-state index is 0.235. The predicted molar refractivity (Wildman–Crippen MR) is 57.9 cm³/mol. The summed E-state index contributed by atoms with van der Waals surface area (Å²) in [5.41, 5.74) is 1.92. The molecule has 3 N–H and O–H groups in total. The highest BCUT2D eigenvalue weighted by atomic mass is 19.1. The lowest BCUT2D eigenvalue weighted by atomic mass is 10.1. The quantitative estimate of drug-likeness (QED) is 0.477. The molecule has 94 valence electrons. The molecule has 0 saturated carbocycles. The average Bonchev–Trinajstić information content (AvgIpc) is 2.28. The number of hydrogen-bond acceptors (Lipinski definition) is 3. The molecule has 0 aliphatic rings. The molecule has 0 bridgehead atoms. The first kappa shape index (κ1) is 13.4.